The Hall–Kier alpha value is -1.26. The van der Waals surface area contributed by atoms with Gasteiger partial charge in [0.25, 0.3) is 0 Å². The van der Waals surface area contributed by atoms with E-state index >= 15 is 0 Å². The summed E-state index contributed by atoms with van der Waals surface area (Å²) in [5.74, 6) is 2.13. The molecule has 5 heteroatoms. The van der Waals surface area contributed by atoms with Crippen LogP contribution in [-0.4, -0.2) is 38.5 Å². The highest BCUT2D eigenvalue weighted by molar-refractivity contribution is 5.81. The predicted molar refractivity (Wildman–Crippen MR) is 93.0 cm³/mol. The van der Waals surface area contributed by atoms with Gasteiger partial charge in [-0.15, -0.1) is 0 Å². The van der Waals surface area contributed by atoms with E-state index in [9.17, 15) is 4.79 Å². The average Bonchev–Trinajstić information content (AvgIpc) is 3.32. The van der Waals surface area contributed by atoms with Gasteiger partial charge < -0.3 is 16.0 Å². The third kappa shape index (κ3) is 9.64. The molecule has 0 aromatic carbocycles. The number of carbonyl (C=O) groups is 1. The maximum atomic E-state index is 11.5. The molecule has 0 spiro atoms. The number of hydrogen-bond acceptors (Lipinski definition) is 2. The molecule has 0 heterocycles. The fourth-order valence-electron chi connectivity index (χ4n) is 2.32. The first-order chi connectivity index (χ1) is 10.6. The van der Waals surface area contributed by atoms with E-state index in [0.29, 0.717) is 13.1 Å². The Morgan fingerprint density at radius 2 is 1.64 bits per heavy atom. The van der Waals surface area contributed by atoms with Crippen LogP contribution in [0.1, 0.15) is 58.8 Å². The molecule has 0 saturated heterocycles. The molecule has 0 bridgehead atoms. The molecule has 1 aliphatic carbocycles. The number of aliphatic imine (C=N–C) groups is 1. The summed E-state index contributed by atoms with van der Waals surface area (Å²) < 4.78 is 0. The van der Waals surface area contributed by atoms with Crippen molar-refractivity contribution in [1.82, 2.24) is 16.0 Å². The molecule has 0 aromatic heterocycles. The summed E-state index contributed by atoms with van der Waals surface area (Å²) in [5, 5.41) is 9.48. The zero-order valence-corrected chi connectivity index (χ0v) is 14.6. The molecule has 0 atom stereocenters. The second kappa shape index (κ2) is 11.3. The summed E-state index contributed by atoms with van der Waals surface area (Å²) >= 11 is 0. The summed E-state index contributed by atoms with van der Waals surface area (Å²) in [4.78, 5) is 15.7. The van der Waals surface area contributed by atoms with Gasteiger partial charge in [-0.05, 0) is 25.2 Å². The molecule has 1 saturated carbocycles. The highest BCUT2D eigenvalue weighted by Gasteiger charge is 2.28. The molecular weight excluding hydrogens is 276 g/mol. The van der Waals surface area contributed by atoms with Gasteiger partial charge in [-0.25, -0.2) is 0 Å². The third-order valence-corrected chi connectivity index (χ3v) is 3.89. The lowest BCUT2D eigenvalue weighted by Gasteiger charge is -2.12. The molecule has 0 radical (unpaired) electrons. The molecule has 22 heavy (non-hydrogen) atoms. The zero-order chi connectivity index (χ0) is 16.2. The summed E-state index contributed by atoms with van der Waals surface area (Å²) in [5.41, 5.74) is 0. The summed E-state index contributed by atoms with van der Waals surface area (Å²) in [6, 6.07) is 0. The number of guanidine groups is 1. The van der Waals surface area contributed by atoms with Gasteiger partial charge in [-0.1, -0.05) is 39.5 Å². The van der Waals surface area contributed by atoms with E-state index in [0.717, 1.165) is 31.3 Å². The minimum atomic E-state index is 0.200. The highest BCUT2D eigenvalue weighted by Crippen LogP contribution is 2.28. The van der Waals surface area contributed by atoms with Crippen LogP contribution in [0.4, 0.5) is 0 Å². The van der Waals surface area contributed by atoms with Crippen molar-refractivity contribution in [3.05, 3.63) is 0 Å². The van der Waals surface area contributed by atoms with Crippen molar-refractivity contribution in [3.63, 3.8) is 0 Å². The molecule has 3 N–H and O–H groups in total. The van der Waals surface area contributed by atoms with Crippen LogP contribution in [0.2, 0.25) is 0 Å². The van der Waals surface area contributed by atoms with Gasteiger partial charge in [-0.3, -0.25) is 9.79 Å². The molecule has 1 fully saturated rings. The maximum Gasteiger partial charge on any atom is 0.223 e. The highest BCUT2D eigenvalue weighted by atomic mass is 16.2. The molecule has 1 amide bonds. The number of amides is 1. The van der Waals surface area contributed by atoms with Crippen LogP contribution in [0.5, 0.6) is 0 Å². The van der Waals surface area contributed by atoms with Crippen molar-refractivity contribution in [2.75, 3.05) is 26.7 Å². The van der Waals surface area contributed by atoms with Gasteiger partial charge in [0, 0.05) is 32.6 Å². The van der Waals surface area contributed by atoms with Crippen molar-refractivity contribution >= 4 is 11.9 Å². The van der Waals surface area contributed by atoms with Crippen LogP contribution in [0.3, 0.4) is 0 Å². The minimum absolute atomic E-state index is 0.200. The van der Waals surface area contributed by atoms with E-state index in [2.05, 4.69) is 34.8 Å². The number of unbranched alkanes of at least 4 members (excludes halogenated alkanes) is 3. The Kier molecular flexibility index (Phi) is 9.67. The molecule has 1 aliphatic rings. The largest absolute Gasteiger partial charge is 0.356 e. The predicted octanol–water partition coefficient (Wildman–Crippen LogP) is 2.28. The average molecular weight is 310 g/mol. The Labute approximate surface area is 135 Å². The van der Waals surface area contributed by atoms with Gasteiger partial charge in [0.1, 0.15) is 0 Å². The Morgan fingerprint density at radius 3 is 2.27 bits per heavy atom. The molecule has 5 nitrogen and oxygen atoms in total. The second-order valence-corrected chi connectivity index (χ2v) is 6.59. The molecule has 128 valence electrons. The van der Waals surface area contributed by atoms with Crippen LogP contribution in [0.25, 0.3) is 0 Å². The first-order valence-electron chi connectivity index (χ1n) is 8.85. The van der Waals surface area contributed by atoms with E-state index in [-0.39, 0.29) is 11.8 Å². The standard InChI is InChI=1S/C17H34N4O/c1-14(2)8-6-4-5-7-11-20-17(18-3)21-13-12-19-16(22)15-9-10-15/h14-15H,4-13H2,1-3H3,(H,19,22)(H2,18,20,21). The smallest absolute Gasteiger partial charge is 0.223 e. The summed E-state index contributed by atoms with van der Waals surface area (Å²) in [6.07, 6.45) is 8.55. The third-order valence-electron chi connectivity index (χ3n) is 3.89. The Bertz CT molecular complexity index is 338. The number of carbonyl (C=O) groups excluding carboxylic acids is 1. The van der Waals surface area contributed by atoms with E-state index in [1.807, 2.05) is 0 Å². The fourth-order valence-corrected chi connectivity index (χ4v) is 2.32. The quantitative estimate of drug-likeness (QED) is 0.312. The summed E-state index contributed by atoms with van der Waals surface area (Å²) in [7, 11) is 1.78. The van der Waals surface area contributed by atoms with Crippen LogP contribution < -0.4 is 16.0 Å². The van der Waals surface area contributed by atoms with Crippen LogP contribution >= 0.6 is 0 Å². The molecule has 1 rings (SSSR count). The van der Waals surface area contributed by atoms with Crippen LogP contribution in [0, 0.1) is 11.8 Å². The number of nitrogens with zero attached hydrogens (tertiary/aromatic N) is 1. The van der Waals surface area contributed by atoms with Gasteiger partial charge in [-0.2, -0.15) is 0 Å². The van der Waals surface area contributed by atoms with E-state index in [1.54, 1.807) is 7.05 Å². The van der Waals surface area contributed by atoms with Crippen LogP contribution in [0.15, 0.2) is 4.99 Å². The number of hydrogen-bond donors (Lipinski definition) is 3. The first kappa shape index (κ1) is 18.8. The Balaban J connectivity index is 1.92. The maximum absolute atomic E-state index is 11.5. The van der Waals surface area contributed by atoms with Crippen molar-refractivity contribution in [2.45, 2.75) is 58.8 Å². The summed E-state index contributed by atoms with van der Waals surface area (Å²) in [6.45, 7) is 6.89. The normalized spacial score (nSPS) is 15.0. The van der Waals surface area contributed by atoms with Gasteiger partial charge in [0.2, 0.25) is 5.91 Å². The van der Waals surface area contributed by atoms with E-state index in [4.69, 9.17) is 0 Å². The lowest BCUT2D eigenvalue weighted by atomic mass is 10.0. The van der Waals surface area contributed by atoms with Crippen molar-refractivity contribution < 1.29 is 4.79 Å². The van der Waals surface area contributed by atoms with Crippen molar-refractivity contribution in [3.8, 4) is 0 Å². The minimum Gasteiger partial charge on any atom is -0.356 e. The number of nitrogens with one attached hydrogen (secondary N) is 3. The molecule has 0 aromatic rings. The lowest BCUT2D eigenvalue weighted by molar-refractivity contribution is -0.122. The SMILES string of the molecule is CN=C(NCCCCCCC(C)C)NCCNC(=O)C1CC1. The monoisotopic (exact) mass is 310 g/mol. The molecule has 0 unspecified atom stereocenters. The van der Waals surface area contributed by atoms with Crippen molar-refractivity contribution in [1.29, 1.82) is 0 Å². The number of rotatable bonds is 11. The van der Waals surface area contributed by atoms with Crippen molar-refractivity contribution in [2.24, 2.45) is 16.8 Å². The van der Waals surface area contributed by atoms with Gasteiger partial charge in [0.05, 0.1) is 0 Å². The van der Waals surface area contributed by atoms with Gasteiger partial charge in [0.15, 0.2) is 5.96 Å². The van der Waals surface area contributed by atoms with E-state index in [1.165, 1.54) is 32.1 Å². The second-order valence-electron chi connectivity index (χ2n) is 6.59. The van der Waals surface area contributed by atoms with Crippen LogP contribution in [-0.2, 0) is 4.79 Å². The lowest BCUT2D eigenvalue weighted by Crippen LogP contribution is -2.42. The van der Waals surface area contributed by atoms with E-state index < -0.39 is 0 Å². The molecular formula is C17H34N4O. The molecule has 0 aliphatic heterocycles. The topological polar surface area (TPSA) is 65.5 Å². The zero-order valence-electron chi connectivity index (χ0n) is 14.6. The Morgan fingerprint density at radius 1 is 1.00 bits per heavy atom. The fraction of sp³-hybridized carbons (Fsp3) is 0.882. The first-order valence-corrected chi connectivity index (χ1v) is 8.85. The van der Waals surface area contributed by atoms with Gasteiger partial charge >= 0.3 is 0 Å².